The van der Waals surface area contributed by atoms with E-state index in [0.717, 1.165) is 11.1 Å². The molecule has 0 aromatic heterocycles. The Hall–Kier alpha value is -2.13. The first kappa shape index (κ1) is 16.2. The van der Waals surface area contributed by atoms with Crippen molar-refractivity contribution in [3.8, 4) is 5.75 Å². The second-order valence-corrected chi connectivity index (χ2v) is 6.69. The first-order valence-corrected chi connectivity index (χ1v) is 7.99. The van der Waals surface area contributed by atoms with E-state index in [-0.39, 0.29) is 17.2 Å². The Morgan fingerprint density at radius 2 is 1.86 bits per heavy atom. The molecule has 1 unspecified atom stereocenters. The Labute approximate surface area is 128 Å². The highest BCUT2D eigenvalue weighted by Crippen LogP contribution is 2.27. The second kappa shape index (κ2) is 5.93. The van der Waals surface area contributed by atoms with E-state index >= 15 is 0 Å². The van der Waals surface area contributed by atoms with Crippen LogP contribution in [0.1, 0.15) is 11.1 Å². The largest absolute Gasteiger partial charge is 0.495 e. The van der Waals surface area contributed by atoms with E-state index in [9.17, 15) is 18.0 Å². The molecule has 8 nitrogen and oxygen atoms in total. The second-order valence-electron chi connectivity index (χ2n) is 4.95. The summed E-state index contributed by atoms with van der Waals surface area (Å²) in [5.74, 6) is -0.352. The number of sulfonamides is 1. The van der Waals surface area contributed by atoms with Crippen molar-refractivity contribution in [3.05, 3.63) is 23.3 Å². The molecule has 0 spiro atoms. The summed E-state index contributed by atoms with van der Waals surface area (Å²) in [5.41, 5.74) is 1.70. The lowest BCUT2D eigenvalue weighted by molar-refractivity contribution is -0.120. The summed E-state index contributed by atoms with van der Waals surface area (Å²) in [4.78, 5) is 22.4. The monoisotopic (exact) mass is 327 g/mol. The number of nitrogens with one attached hydrogen (secondary N) is 3. The number of hydrogen-bond acceptors (Lipinski definition) is 5. The van der Waals surface area contributed by atoms with Gasteiger partial charge in [-0.2, -0.15) is 0 Å². The van der Waals surface area contributed by atoms with Crippen molar-refractivity contribution >= 4 is 22.0 Å². The van der Waals surface area contributed by atoms with Crippen molar-refractivity contribution in [2.45, 2.75) is 24.8 Å². The van der Waals surface area contributed by atoms with Gasteiger partial charge in [-0.25, -0.2) is 17.9 Å². The van der Waals surface area contributed by atoms with E-state index in [0.29, 0.717) is 0 Å². The van der Waals surface area contributed by atoms with E-state index < -0.39 is 28.0 Å². The summed E-state index contributed by atoms with van der Waals surface area (Å²) in [6.45, 7) is 3.40. The molecule has 1 aliphatic heterocycles. The topological polar surface area (TPSA) is 114 Å². The third kappa shape index (κ3) is 3.20. The number of aryl methyl sites for hydroxylation is 2. The van der Waals surface area contributed by atoms with E-state index in [1.54, 1.807) is 13.0 Å². The normalized spacial score (nSPS) is 18.0. The van der Waals surface area contributed by atoms with E-state index in [2.05, 4.69) is 10.0 Å². The van der Waals surface area contributed by atoms with Gasteiger partial charge >= 0.3 is 6.03 Å². The van der Waals surface area contributed by atoms with Crippen molar-refractivity contribution in [2.24, 2.45) is 0 Å². The van der Waals surface area contributed by atoms with Crippen molar-refractivity contribution < 1.29 is 22.7 Å². The number of benzene rings is 1. The number of hydrogen-bond donors (Lipinski definition) is 3. The standard InChI is InChI=1S/C13H17N3O5S/c1-7-4-10(21-3)11(5-8(7)2)22(19,20)14-6-9-12(17)16-13(18)15-9/h4-5,9,14H,6H2,1-3H3,(H2,15,16,17,18). The van der Waals surface area contributed by atoms with E-state index in [1.165, 1.54) is 13.2 Å². The van der Waals surface area contributed by atoms with Crippen LogP contribution in [0.25, 0.3) is 0 Å². The lowest BCUT2D eigenvalue weighted by atomic mass is 10.1. The molecule has 9 heteroatoms. The maximum absolute atomic E-state index is 12.4. The number of rotatable bonds is 5. The minimum atomic E-state index is -3.88. The molecule has 0 radical (unpaired) electrons. The van der Waals surface area contributed by atoms with Gasteiger partial charge in [-0.3, -0.25) is 10.1 Å². The van der Waals surface area contributed by atoms with Gasteiger partial charge in [0, 0.05) is 6.54 Å². The third-order valence-electron chi connectivity index (χ3n) is 3.41. The predicted molar refractivity (Wildman–Crippen MR) is 78.1 cm³/mol. The zero-order valence-electron chi connectivity index (χ0n) is 12.4. The lowest BCUT2D eigenvalue weighted by Gasteiger charge is -2.14. The molecule has 0 saturated carbocycles. The number of ether oxygens (including phenoxy) is 1. The molecule has 1 aromatic carbocycles. The van der Waals surface area contributed by atoms with Crippen molar-refractivity contribution in [1.29, 1.82) is 0 Å². The fourth-order valence-corrected chi connectivity index (χ4v) is 3.29. The molecule has 1 saturated heterocycles. The molecule has 3 amide bonds. The fraction of sp³-hybridized carbons (Fsp3) is 0.385. The zero-order valence-corrected chi connectivity index (χ0v) is 13.2. The SMILES string of the molecule is COc1cc(C)c(C)cc1S(=O)(=O)NCC1NC(=O)NC1=O. The van der Waals surface area contributed by atoms with E-state index in [1.807, 2.05) is 12.2 Å². The Morgan fingerprint density at radius 3 is 2.41 bits per heavy atom. The van der Waals surface area contributed by atoms with Crippen molar-refractivity contribution in [3.63, 3.8) is 0 Å². The minimum Gasteiger partial charge on any atom is -0.495 e. The maximum atomic E-state index is 12.4. The van der Waals surface area contributed by atoms with Crippen LogP contribution in [-0.4, -0.2) is 40.1 Å². The fourth-order valence-electron chi connectivity index (χ4n) is 2.01. The van der Waals surface area contributed by atoms with Gasteiger partial charge in [0.15, 0.2) is 0 Å². The van der Waals surface area contributed by atoms with Crippen LogP contribution in [0, 0.1) is 13.8 Å². The van der Waals surface area contributed by atoms with Crippen LogP contribution < -0.4 is 20.1 Å². The van der Waals surface area contributed by atoms with Crippen LogP contribution in [0.2, 0.25) is 0 Å². The predicted octanol–water partition coefficient (Wildman–Crippen LogP) is -0.202. The number of imide groups is 1. The van der Waals surface area contributed by atoms with Crippen LogP contribution in [0.5, 0.6) is 5.75 Å². The van der Waals surface area contributed by atoms with Gasteiger partial charge in [-0.15, -0.1) is 0 Å². The molecular formula is C13H17N3O5S. The van der Waals surface area contributed by atoms with Crippen LogP contribution in [0.4, 0.5) is 4.79 Å². The van der Waals surface area contributed by atoms with Gasteiger partial charge in [0.2, 0.25) is 10.0 Å². The Balaban J connectivity index is 2.22. The smallest absolute Gasteiger partial charge is 0.322 e. The van der Waals surface area contributed by atoms with Crippen molar-refractivity contribution in [1.82, 2.24) is 15.4 Å². The maximum Gasteiger partial charge on any atom is 0.322 e. The Kier molecular flexibility index (Phi) is 4.38. The minimum absolute atomic E-state index is 0.0113. The molecule has 0 aliphatic carbocycles. The average molecular weight is 327 g/mol. The summed E-state index contributed by atoms with van der Waals surface area (Å²) >= 11 is 0. The van der Waals surface area contributed by atoms with Gasteiger partial charge in [0.25, 0.3) is 5.91 Å². The Morgan fingerprint density at radius 1 is 1.23 bits per heavy atom. The molecule has 1 atom stereocenters. The summed E-state index contributed by atoms with van der Waals surface area (Å²) < 4.78 is 32.2. The van der Waals surface area contributed by atoms with Crippen LogP contribution >= 0.6 is 0 Å². The average Bonchev–Trinajstić information content (AvgIpc) is 2.77. The highest BCUT2D eigenvalue weighted by atomic mass is 32.2. The van der Waals surface area contributed by atoms with Gasteiger partial charge in [-0.05, 0) is 37.1 Å². The van der Waals surface area contributed by atoms with Gasteiger partial charge in [0.1, 0.15) is 16.7 Å². The number of carbonyl (C=O) groups excluding carboxylic acids is 2. The molecule has 1 heterocycles. The van der Waals surface area contributed by atoms with Crippen LogP contribution in [-0.2, 0) is 14.8 Å². The molecule has 1 fully saturated rings. The number of amides is 3. The lowest BCUT2D eigenvalue weighted by Crippen LogP contribution is -2.41. The quantitative estimate of drug-likeness (QED) is 0.648. The highest BCUT2D eigenvalue weighted by Gasteiger charge is 2.31. The highest BCUT2D eigenvalue weighted by molar-refractivity contribution is 7.89. The number of urea groups is 1. The molecule has 22 heavy (non-hydrogen) atoms. The van der Waals surface area contributed by atoms with Gasteiger partial charge < -0.3 is 10.1 Å². The molecular weight excluding hydrogens is 310 g/mol. The number of methoxy groups -OCH3 is 1. The summed E-state index contributed by atoms with van der Waals surface area (Å²) in [6.07, 6.45) is 0. The molecule has 1 aliphatic rings. The summed E-state index contributed by atoms with van der Waals surface area (Å²) in [5, 5.41) is 4.35. The third-order valence-corrected chi connectivity index (χ3v) is 4.85. The van der Waals surface area contributed by atoms with Crippen LogP contribution in [0.3, 0.4) is 0 Å². The zero-order chi connectivity index (χ0) is 16.5. The molecule has 0 bridgehead atoms. The summed E-state index contributed by atoms with van der Waals surface area (Å²) in [7, 11) is -2.49. The number of carbonyl (C=O) groups is 2. The molecule has 2 rings (SSSR count). The molecule has 3 N–H and O–H groups in total. The van der Waals surface area contributed by atoms with Gasteiger partial charge in [-0.1, -0.05) is 0 Å². The van der Waals surface area contributed by atoms with Gasteiger partial charge in [0.05, 0.1) is 7.11 Å². The van der Waals surface area contributed by atoms with E-state index in [4.69, 9.17) is 4.74 Å². The molecule has 120 valence electrons. The summed E-state index contributed by atoms with van der Waals surface area (Å²) in [6, 6.07) is 1.57. The first-order chi connectivity index (χ1) is 10.2. The van der Waals surface area contributed by atoms with Crippen LogP contribution in [0.15, 0.2) is 17.0 Å². The first-order valence-electron chi connectivity index (χ1n) is 6.51. The Bertz CT molecular complexity index is 729. The molecule has 1 aromatic rings. The van der Waals surface area contributed by atoms with Crippen molar-refractivity contribution in [2.75, 3.05) is 13.7 Å².